The zero-order chi connectivity index (χ0) is 20.5. The summed E-state index contributed by atoms with van der Waals surface area (Å²) < 4.78 is 5.51. The van der Waals surface area contributed by atoms with Crippen LogP contribution in [0.4, 0.5) is 11.8 Å². The summed E-state index contributed by atoms with van der Waals surface area (Å²) in [5, 5.41) is 1.12. The number of aromatic nitrogens is 3. The fraction of sp³-hybridized carbons (Fsp3) is 0.478. The van der Waals surface area contributed by atoms with Gasteiger partial charge in [0.05, 0.1) is 18.6 Å². The molecule has 0 spiro atoms. The average Bonchev–Trinajstić information content (AvgIpc) is 3.14. The number of rotatable bonds is 4. The highest BCUT2D eigenvalue weighted by Gasteiger charge is 2.24. The van der Waals surface area contributed by atoms with Gasteiger partial charge in [-0.1, -0.05) is 29.8 Å². The van der Waals surface area contributed by atoms with Gasteiger partial charge in [-0.05, 0) is 25.5 Å². The second-order valence-corrected chi connectivity index (χ2v) is 8.41. The first kappa shape index (κ1) is 19.3. The molecule has 7 nitrogen and oxygen atoms in total. The van der Waals surface area contributed by atoms with Crippen molar-refractivity contribution in [2.45, 2.75) is 20.4 Å². The molecule has 4 heterocycles. The monoisotopic (exact) mass is 406 g/mol. The van der Waals surface area contributed by atoms with Gasteiger partial charge in [-0.3, -0.25) is 4.90 Å². The van der Waals surface area contributed by atoms with E-state index in [4.69, 9.17) is 14.7 Å². The number of piperazine rings is 1. The van der Waals surface area contributed by atoms with Crippen LogP contribution in [0.1, 0.15) is 16.8 Å². The molecular weight excluding hydrogens is 376 g/mol. The molecule has 0 saturated carbocycles. The van der Waals surface area contributed by atoms with Crippen molar-refractivity contribution in [3.63, 3.8) is 0 Å². The number of aromatic amines is 1. The van der Waals surface area contributed by atoms with Gasteiger partial charge in [-0.25, -0.2) is 0 Å². The molecule has 2 fully saturated rings. The van der Waals surface area contributed by atoms with E-state index in [0.29, 0.717) is 0 Å². The first-order valence-electron chi connectivity index (χ1n) is 10.9. The SMILES string of the molecule is Cc1cccc(CN2CCN(c3nc(N4CCOCC4)nc4[nH]c(C)cc34)CC2)c1. The van der Waals surface area contributed by atoms with Gasteiger partial charge < -0.3 is 19.5 Å². The summed E-state index contributed by atoms with van der Waals surface area (Å²) in [6.07, 6.45) is 0. The van der Waals surface area contributed by atoms with Crippen molar-refractivity contribution >= 4 is 22.8 Å². The quantitative estimate of drug-likeness (QED) is 0.719. The van der Waals surface area contributed by atoms with E-state index in [1.165, 1.54) is 11.1 Å². The number of nitrogens with one attached hydrogen (secondary N) is 1. The summed E-state index contributed by atoms with van der Waals surface area (Å²) in [7, 11) is 0. The average molecular weight is 407 g/mol. The molecule has 1 aromatic carbocycles. The minimum absolute atomic E-state index is 0.734. The van der Waals surface area contributed by atoms with Gasteiger partial charge in [0.2, 0.25) is 5.95 Å². The third-order valence-electron chi connectivity index (χ3n) is 6.04. The van der Waals surface area contributed by atoms with E-state index in [9.17, 15) is 0 Å². The molecule has 0 bridgehead atoms. The number of hydrogen-bond acceptors (Lipinski definition) is 6. The lowest BCUT2D eigenvalue weighted by molar-refractivity contribution is 0.122. The van der Waals surface area contributed by atoms with E-state index < -0.39 is 0 Å². The van der Waals surface area contributed by atoms with E-state index in [1.54, 1.807) is 0 Å². The molecule has 7 heteroatoms. The molecule has 0 amide bonds. The van der Waals surface area contributed by atoms with E-state index in [2.05, 4.69) is 63.9 Å². The summed E-state index contributed by atoms with van der Waals surface area (Å²) in [6.45, 7) is 12.4. The van der Waals surface area contributed by atoms with Crippen LogP contribution in [0.3, 0.4) is 0 Å². The first-order chi connectivity index (χ1) is 14.7. The van der Waals surface area contributed by atoms with Crippen molar-refractivity contribution in [1.82, 2.24) is 19.9 Å². The maximum absolute atomic E-state index is 5.51. The van der Waals surface area contributed by atoms with Gasteiger partial charge in [-0.15, -0.1) is 0 Å². The third kappa shape index (κ3) is 4.00. The molecule has 2 aliphatic heterocycles. The van der Waals surface area contributed by atoms with E-state index in [0.717, 1.165) is 87.5 Å². The smallest absolute Gasteiger partial charge is 0.229 e. The summed E-state index contributed by atoms with van der Waals surface area (Å²) in [5.41, 5.74) is 4.77. The molecule has 3 aromatic rings. The number of hydrogen-bond donors (Lipinski definition) is 1. The number of nitrogens with zero attached hydrogens (tertiary/aromatic N) is 5. The Morgan fingerprint density at radius 3 is 2.50 bits per heavy atom. The van der Waals surface area contributed by atoms with Crippen LogP contribution in [0.2, 0.25) is 0 Å². The highest BCUT2D eigenvalue weighted by molar-refractivity contribution is 5.89. The van der Waals surface area contributed by atoms with Crippen LogP contribution in [-0.2, 0) is 11.3 Å². The van der Waals surface area contributed by atoms with Gasteiger partial charge >= 0.3 is 0 Å². The van der Waals surface area contributed by atoms with Crippen molar-refractivity contribution in [3.05, 3.63) is 47.2 Å². The lowest BCUT2D eigenvalue weighted by Crippen LogP contribution is -2.46. The predicted molar refractivity (Wildman–Crippen MR) is 120 cm³/mol. The van der Waals surface area contributed by atoms with Crippen LogP contribution >= 0.6 is 0 Å². The van der Waals surface area contributed by atoms with Crippen molar-refractivity contribution in [1.29, 1.82) is 0 Å². The second kappa shape index (κ2) is 8.24. The molecule has 1 N–H and O–H groups in total. The minimum atomic E-state index is 0.734. The largest absolute Gasteiger partial charge is 0.378 e. The number of morpholine rings is 1. The Labute approximate surface area is 177 Å². The number of anilines is 2. The van der Waals surface area contributed by atoms with Gasteiger partial charge in [0.1, 0.15) is 11.5 Å². The summed E-state index contributed by atoms with van der Waals surface area (Å²) in [4.78, 5) is 20.5. The summed E-state index contributed by atoms with van der Waals surface area (Å²) in [5.74, 6) is 1.87. The Morgan fingerprint density at radius 1 is 0.933 bits per heavy atom. The Hall–Kier alpha value is -2.64. The van der Waals surface area contributed by atoms with Crippen LogP contribution < -0.4 is 9.80 Å². The Morgan fingerprint density at radius 2 is 1.73 bits per heavy atom. The zero-order valence-electron chi connectivity index (χ0n) is 17.9. The van der Waals surface area contributed by atoms with Crippen LogP contribution in [-0.4, -0.2) is 72.3 Å². The Bertz CT molecular complexity index is 1020. The summed E-state index contributed by atoms with van der Waals surface area (Å²) in [6, 6.07) is 11.0. The Kier molecular flexibility index (Phi) is 5.31. The topological polar surface area (TPSA) is 60.5 Å². The third-order valence-corrected chi connectivity index (χ3v) is 6.04. The Balaban J connectivity index is 1.35. The fourth-order valence-electron chi connectivity index (χ4n) is 4.45. The van der Waals surface area contributed by atoms with Gasteiger partial charge in [-0.2, -0.15) is 9.97 Å². The second-order valence-electron chi connectivity index (χ2n) is 8.41. The first-order valence-corrected chi connectivity index (χ1v) is 10.9. The van der Waals surface area contributed by atoms with Gasteiger partial charge in [0.25, 0.3) is 0 Å². The number of fused-ring (bicyclic) bond motifs is 1. The lowest BCUT2D eigenvalue weighted by atomic mass is 10.1. The zero-order valence-corrected chi connectivity index (χ0v) is 17.9. The van der Waals surface area contributed by atoms with Crippen molar-refractivity contribution < 1.29 is 4.74 Å². The van der Waals surface area contributed by atoms with Gasteiger partial charge in [0.15, 0.2) is 0 Å². The molecule has 2 aliphatic rings. The van der Waals surface area contributed by atoms with Crippen molar-refractivity contribution in [2.24, 2.45) is 0 Å². The number of ether oxygens (including phenoxy) is 1. The number of H-pyrrole nitrogens is 1. The maximum atomic E-state index is 5.51. The normalized spacial score (nSPS) is 18.3. The van der Waals surface area contributed by atoms with Crippen LogP contribution in [0.5, 0.6) is 0 Å². The van der Waals surface area contributed by atoms with Crippen LogP contribution in [0, 0.1) is 13.8 Å². The van der Waals surface area contributed by atoms with Gasteiger partial charge in [0, 0.05) is 51.5 Å². The molecule has 0 aliphatic carbocycles. The number of benzene rings is 1. The van der Waals surface area contributed by atoms with Crippen molar-refractivity contribution in [3.8, 4) is 0 Å². The molecule has 5 rings (SSSR count). The van der Waals surface area contributed by atoms with Crippen LogP contribution in [0.25, 0.3) is 11.0 Å². The fourth-order valence-corrected chi connectivity index (χ4v) is 4.45. The maximum Gasteiger partial charge on any atom is 0.229 e. The van der Waals surface area contributed by atoms with Crippen LogP contribution in [0.15, 0.2) is 30.3 Å². The van der Waals surface area contributed by atoms with E-state index >= 15 is 0 Å². The molecular formula is C23H30N6O. The molecule has 0 radical (unpaired) electrons. The molecule has 30 heavy (non-hydrogen) atoms. The number of aryl methyl sites for hydroxylation is 2. The molecule has 0 atom stereocenters. The predicted octanol–water partition coefficient (Wildman–Crippen LogP) is 2.73. The molecule has 2 aromatic heterocycles. The minimum Gasteiger partial charge on any atom is -0.378 e. The lowest BCUT2D eigenvalue weighted by Gasteiger charge is -2.36. The van der Waals surface area contributed by atoms with E-state index in [-0.39, 0.29) is 0 Å². The highest BCUT2D eigenvalue weighted by atomic mass is 16.5. The highest BCUT2D eigenvalue weighted by Crippen LogP contribution is 2.28. The molecule has 0 unspecified atom stereocenters. The molecule has 158 valence electrons. The van der Waals surface area contributed by atoms with E-state index in [1.807, 2.05) is 0 Å². The standard InChI is InChI=1S/C23H30N6O/c1-17-4-3-5-19(14-17)16-27-6-8-28(9-7-27)22-20-15-18(2)24-21(20)25-23(26-22)29-10-12-30-13-11-29/h3-5,14-15H,6-13,16H2,1-2H3,(H,24,25,26). The van der Waals surface area contributed by atoms with Crippen molar-refractivity contribution in [2.75, 3.05) is 62.3 Å². The molecule has 2 saturated heterocycles. The summed E-state index contributed by atoms with van der Waals surface area (Å²) >= 11 is 0.